The van der Waals surface area contributed by atoms with Gasteiger partial charge in [-0.1, -0.05) is 0 Å². The average Bonchev–Trinajstić information content (AvgIpc) is 3.03. The van der Waals surface area contributed by atoms with Gasteiger partial charge in [0.05, 0.1) is 17.9 Å². The van der Waals surface area contributed by atoms with Crippen LogP contribution in [0.1, 0.15) is 25.1 Å². The Morgan fingerprint density at radius 2 is 2.35 bits per heavy atom. The number of fused-ring (bicyclic) bond motifs is 1. The summed E-state index contributed by atoms with van der Waals surface area (Å²) in [7, 11) is 0. The molecule has 5 heteroatoms. The normalized spacial score (nSPS) is 16.9. The first kappa shape index (κ1) is 13.4. The minimum atomic E-state index is 0.227. The molecule has 0 saturated heterocycles. The number of rotatable bonds is 4. The molecule has 0 amide bonds. The van der Waals surface area contributed by atoms with Gasteiger partial charge >= 0.3 is 0 Å². The molecule has 1 unspecified atom stereocenters. The van der Waals surface area contributed by atoms with Crippen molar-refractivity contribution >= 4 is 11.3 Å². The van der Waals surface area contributed by atoms with E-state index in [1.165, 1.54) is 5.56 Å². The molecule has 4 nitrogen and oxygen atoms in total. The first-order valence-electron chi connectivity index (χ1n) is 6.82. The summed E-state index contributed by atoms with van der Waals surface area (Å²) in [6, 6.07) is 4.13. The zero-order valence-electron chi connectivity index (χ0n) is 11.7. The summed E-state index contributed by atoms with van der Waals surface area (Å²) in [5, 5.41) is 2.92. The minimum absolute atomic E-state index is 0.227. The Bertz CT molecular complexity index is 624. The van der Waals surface area contributed by atoms with Gasteiger partial charge < -0.3 is 15.2 Å². The van der Waals surface area contributed by atoms with Gasteiger partial charge in [0.25, 0.3) is 0 Å². The molecule has 2 N–H and O–H groups in total. The number of thiazole rings is 1. The van der Waals surface area contributed by atoms with Gasteiger partial charge in [0, 0.05) is 23.9 Å². The fourth-order valence-electron chi connectivity index (χ4n) is 2.41. The monoisotopic (exact) mass is 290 g/mol. The number of nitrogens with two attached hydrogens (primary N) is 1. The highest BCUT2D eigenvalue weighted by Crippen LogP contribution is 2.40. The van der Waals surface area contributed by atoms with Gasteiger partial charge in [-0.2, -0.15) is 0 Å². The highest BCUT2D eigenvalue weighted by Gasteiger charge is 2.23. The second kappa shape index (κ2) is 5.42. The highest BCUT2D eigenvalue weighted by molar-refractivity contribution is 7.13. The van der Waals surface area contributed by atoms with E-state index in [2.05, 4.69) is 18.0 Å². The Morgan fingerprint density at radius 3 is 3.05 bits per heavy atom. The first-order valence-corrected chi connectivity index (χ1v) is 7.70. The summed E-state index contributed by atoms with van der Waals surface area (Å²) in [4.78, 5) is 4.54. The fourth-order valence-corrected chi connectivity index (χ4v) is 3.26. The van der Waals surface area contributed by atoms with Crippen LogP contribution in [0, 0.1) is 0 Å². The number of ether oxygens (including phenoxy) is 2. The number of aromatic nitrogens is 1. The van der Waals surface area contributed by atoms with E-state index in [1.807, 2.05) is 18.4 Å². The standard InChI is InChI=1S/C15H18N2O2S/c1-3-18-14-5-10-4-9(2)19-13(10)6-12(14)15-17-11(7-16)8-20-15/h5-6,8-9H,3-4,7,16H2,1-2H3. The summed E-state index contributed by atoms with van der Waals surface area (Å²) in [6.45, 7) is 5.16. The molecule has 20 heavy (non-hydrogen) atoms. The van der Waals surface area contributed by atoms with Crippen molar-refractivity contribution in [2.75, 3.05) is 6.61 Å². The van der Waals surface area contributed by atoms with E-state index in [9.17, 15) is 0 Å². The topological polar surface area (TPSA) is 57.4 Å². The van der Waals surface area contributed by atoms with E-state index in [4.69, 9.17) is 15.2 Å². The lowest BCUT2D eigenvalue weighted by Gasteiger charge is -2.10. The Balaban J connectivity index is 2.06. The van der Waals surface area contributed by atoms with E-state index in [0.29, 0.717) is 13.2 Å². The molecule has 0 bridgehead atoms. The molecule has 0 radical (unpaired) electrons. The Morgan fingerprint density at radius 1 is 1.50 bits per heavy atom. The van der Waals surface area contributed by atoms with Crippen molar-refractivity contribution in [2.45, 2.75) is 32.9 Å². The second-order valence-electron chi connectivity index (χ2n) is 4.87. The lowest BCUT2D eigenvalue weighted by atomic mass is 10.1. The maximum Gasteiger partial charge on any atom is 0.130 e. The van der Waals surface area contributed by atoms with Gasteiger partial charge in [-0.05, 0) is 26.0 Å². The van der Waals surface area contributed by atoms with Crippen LogP contribution in [0.25, 0.3) is 10.6 Å². The van der Waals surface area contributed by atoms with Crippen LogP contribution in [0.3, 0.4) is 0 Å². The third-order valence-electron chi connectivity index (χ3n) is 3.29. The summed E-state index contributed by atoms with van der Waals surface area (Å²) < 4.78 is 11.6. The fraction of sp³-hybridized carbons (Fsp3) is 0.400. The summed E-state index contributed by atoms with van der Waals surface area (Å²) >= 11 is 1.59. The molecule has 1 atom stereocenters. The molecule has 2 heterocycles. The molecular formula is C15H18N2O2S. The molecule has 0 aliphatic carbocycles. The largest absolute Gasteiger partial charge is 0.493 e. The van der Waals surface area contributed by atoms with Crippen molar-refractivity contribution in [3.8, 4) is 22.1 Å². The van der Waals surface area contributed by atoms with E-state index in [-0.39, 0.29) is 6.10 Å². The van der Waals surface area contributed by atoms with Crippen molar-refractivity contribution in [1.82, 2.24) is 4.98 Å². The van der Waals surface area contributed by atoms with Crippen molar-refractivity contribution in [3.05, 3.63) is 28.8 Å². The number of hydrogen-bond acceptors (Lipinski definition) is 5. The van der Waals surface area contributed by atoms with Crippen molar-refractivity contribution in [1.29, 1.82) is 0 Å². The van der Waals surface area contributed by atoms with Gasteiger partial charge in [0.2, 0.25) is 0 Å². The Hall–Kier alpha value is -1.59. The van der Waals surface area contributed by atoms with E-state index in [1.54, 1.807) is 11.3 Å². The molecule has 0 spiro atoms. The lowest BCUT2D eigenvalue weighted by molar-refractivity contribution is 0.254. The van der Waals surface area contributed by atoms with Crippen LogP contribution in [0.5, 0.6) is 11.5 Å². The predicted molar refractivity (Wildman–Crippen MR) is 80.4 cm³/mol. The zero-order chi connectivity index (χ0) is 14.1. The Kier molecular flexibility index (Phi) is 3.63. The lowest BCUT2D eigenvalue weighted by Crippen LogP contribution is -2.05. The molecule has 1 aromatic carbocycles. The molecule has 0 fully saturated rings. The van der Waals surface area contributed by atoms with Crippen molar-refractivity contribution in [3.63, 3.8) is 0 Å². The molecule has 0 saturated carbocycles. The van der Waals surface area contributed by atoms with Gasteiger partial charge in [-0.15, -0.1) is 11.3 Å². The van der Waals surface area contributed by atoms with Crippen LogP contribution in [0.15, 0.2) is 17.5 Å². The maximum atomic E-state index is 5.83. The maximum absolute atomic E-state index is 5.83. The summed E-state index contributed by atoms with van der Waals surface area (Å²) in [6.07, 6.45) is 1.16. The quantitative estimate of drug-likeness (QED) is 0.940. The van der Waals surface area contributed by atoms with E-state index < -0.39 is 0 Å². The van der Waals surface area contributed by atoms with E-state index >= 15 is 0 Å². The molecule has 3 rings (SSSR count). The smallest absolute Gasteiger partial charge is 0.130 e. The molecule has 1 aliphatic heterocycles. The van der Waals surface area contributed by atoms with Crippen LogP contribution >= 0.6 is 11.3 Å². The van der Waals surface area contributed by atoms with Gasteiger partial charge in [-0.3, -0.25) is 0 Å². The van der Waals surface area contributed by atoms with Gasteiger partial charge in [0.1, 0.15) is 22.6 Å². The zero-order valence-corrected chi connectivity index (χ0v) is 12.5. The van der Waals surface area contributed by atoms with Crippen LogP contribution in [0.2, 0.25) is 0 Å². The Labute approximate surface area is 122 Å². The van der Waals surface area contributed by atoms with Crippen LogP contribution in [0.4, 0.5) is 0 Å². The molecule has 1 aromatic heterocycles. The SMILES string of the molecule is CCOc1cc2c(cc1-c1nc(CN)cs1)OC(C)C2. The molecular weight excluding hydrogens is 272 g/mol. The molecule has 106 valence electrons. The van der Waals surface area contributed by atoms with Crippen molar-refractivity contribution in [2.24, 2.45) is 5.73 Å². The third kappa shape index (κ3) is 2.39. The summed E-state index contributed by atoms with van der Waals surface area (Å²) in [5.41, 5.74) is 8.74. The van der Waals surface area contributed by atoms with Crippen LogP contribution in [-0.4, -0.2) is 17.7 Å². The van der Waals surface area contributed by atoms with Gasteiger partial charge in [0.15, 0.2) is 0 Å². The molecule has 2 aromatic rings. The van der Waals surface area contributed by atoms with Crippen LogP contribution in [-0.2, 0) is 13.0 Å². The average molecular weight is 290 g/mol. The first-order chi connectivity index (χ1) is 9.71. The van der Waals surface area contributed by atoms with E-state index in [0.717, 1.165) is 34.2 Å². The molecule has 1 aliphatic rings. The van der Waals surface area contributed by atoms with Gasteiger partial charge in [-0.25, -0.2) is 4.98 Å². The minimum Gasteiger partial charge on any atom is -0.493 e. The third-order valence-corrected chi connectivity index (χ3v) is 4.21. The predicted octanol–water partition coefficient (Wildman–Crippen LogP) is 2.99. The van der Waals surface area contributed by atoms with Crippen LogP contribution < -0.4 is 15.2 Å². The number of benzene rings is 1. The number of hydrogen-bond donors (Lipinski definition) is 1. The van der Waals surface area contributed by atoms with Crippen molar-refractivity contribution < 1.29 is 9.47 Å². The summed E-state index contributed by atoms with van der Waals surface area (Å²) in [5.74, 6) is 1.82. The highest BCUT2D eigenvalue weighted by atomic mass is 32.1. The second-order valence-corrected chi connectivity index (χ2v) is 5.73. The number of nitrogens with zero attached hydrogens (tertiary/aromatic N) is 1.